The summed E-state index contributed by atoms with van der Waals surface area (Å²) in [5, 5.41) is 12.7. The van der Waals surface area contributed by atoms with Crippen molar-refractivity contribution in [1.29, 1.82) is 0 Å². The Morgan fingerprint density at radius 2 is 2.31 bits per heavy atom. The van der Waals surface area contributed by atoms with Gasteiger partial charge in [0, 0.05) is 12.6 Å². The number of amides is 1. The number of hydrogen-bond acceptors (Lipinski definition) is 3. The van der Waals surface area contributed by atoms with Crippen molar-refractivity contribution in [2.45, 2.75) is 44.8 Å². The van der Waals surface area contributed by atoms with Gasteiger partial charge in [0.1, 0.15) is 0 Å². The summed E-state index contributed by atoms with van der Waals surface area (Å²) in [7, 11) is 0. The Balaban J connectivity index is 2.33. The number of hydrogen-bond donors (Lipinski definition) is 3. The fourth-order valence-electron chi connectivity index (χ4n) is 1.96. The van der Waals surface area contributed by atoms with Crippen LogP contribution in [-0.2, 0) is 4.79 Å². The lowest BCUT2D eigenvalue weighted by molar-refractivity contribution is -0.124. The minimum Gasteiger partial charge on any atom is -0.388 e. The van der Waals surface area contributed by atoms with Gasteiger partial charge in [0.05, 0.1) is 11.5 Å². The number of aliphatic hydroxyl groups is 1. The van der Waals surface area contributed by atoms with E-state index in [1.807, 2.05) is 19.1 Å². The third-order valence-electron chi connectivity index (χ3n) is 2.89. The van der Waals surface area contributed by atoms with Crippen molar-refractivity contribution in [3.63, 3.8) is 0 Å². The first-order valence-electron chi connectivity index (χ1n) is 5.88. The normalized spacial score (nSPS) is 27.8. The molecule has 0 radical (unpaired) electrons. The monoisotopic (exact) mass is 226 g/mol. The first-order valence-corrected chi connectivity index (χ1v) is 5.88. The molecule has 4 nitrogen and oxygen atoms in total. The van der Waals surface area contributed by atoms with E-state index >= 15 is 0 Å². The average molecular weight is 226 g/mol. The van der Waals surface area contributed by atoms with E-state index in [-0.39, 0.29) is 17.9 Å². The summed E-state index contributed by atoms with van der Waals surface area (Å²) in [6.07, 6.45) is 5.95. The van der Waals surface area contributed by atoms with Crippen LogP contribution in [0.1, 0.15) is 33.1 Å². The molecule has 1 aliphatic carbocycles. The molecule has 3 unspecified atom stereocenters. The standard InChI is InChI=1S/C12H22N2O2/c1-3-6-12(2,16)8-14-11(15)9-4-5-10(13)7-9/h4-5,9-10,16H,3,6-8,13H2,1-2H3,(H,14,15). The van der Waals surface area contributed by atoms with Crippen molar-refractivity contribution in [2.75, 3.05) is 6.54 Å². The van der Waals surface area contributed by atoms with Crippen molar-refractivity contribution in [2.24, 2.45) is 11.7 Å². The molecule has 3 atom stereocenters. The smallest absolute Gasteiger partial charge is 0.227 e. The molecule has 0 aromatic carbocycles. The predicted molar refractivity (Wildman–Crippen MR) is 63.8 cm³/mol. The van der Waals surface area contributed by atoms with E-state index in [9.17, 15) is 9.90 Å². The van der Waals surface area contributed by atoms with Crippen LogP contribution in [0.5, 0.6) is 0 Å². The maximum atomic E-state index is 11.7. The highest BCUT2D eigenvalue weighted by Gasteiger charge is 2.25. The van der Waals surface area contributed by atoms with Crippen molar-refractivity contribution < 1.29 is 9.90 Å². The van der Waals surface area contributed by atoms with Crippen LogP contribution in [-0.4, -0.2) is 29.2 Å². The molecule has 0 saturated carbocycles. The summed E-state index contributed by atoms with van der Waals surface area (Å²) in [6, 6.07) is -0.00750. The topological polar surface area (TPSA) is 75.3 Å². The highest BCUT2D eigenvalue weighted by atomic mass is 16.3. The summed E-state index contributed by atoms with van der Waals surface area (Å²) in [6.45, 7) is 4.06. The zero-order chi connectivity index (χ0) is 12.2. The second-order valence-corrected chi connectivity index (χ2v) is 4.86. The third-order valence-corrected chi connectivity index (χ3v) is 2.89. The fraction of sp³-hybridized carbons (Fsp3) is 0.750. The SMILES string of the molecule is CCCC(C)(O)CNC(=O)C1C=CC(N)C1. The number of nitrogens with two attached hydrogens (primary N) is 1. The van der Waals surface area contributed by atoms with Gasteiger partial charge >= 0.3 is 0 Å². The lowest BCUT2D eigenvalue weighted by Crippen LogP contribution is -2.42. The van der Waals surface area contributed by atoms with Gasteiger partial charge in [-0.3, -0.25) is 4.79 Å². The van der Waals surface area contributed by atoms with Gasteiger partial charge < -0.3 is 16.2 Å². The molecular weight excluding hydrogens is 204 g/mol. The first-order chi connectivity index (χ1) is 7.44. The molecule has 0 saturated heterocycles. The highest BCUT2D eigenvalue weighted by Crippen LogP contribution is 2.17. The Morgan fingerprint density at radius 3 is 2.81 bits per heavy atom. The lowest BCUT2D eigenvalue weighted by atomic mass is 10.00. The minimum absolute atomic E-state index is 0.00750. The van der Waals surface area contributed by atoms with Crippen LogP contribution in [0.3, 0.4) is 0 Å². The van der Waals surface area contributed by atoms with Gasteiger partial charge in [0.25, 0.3) is 0 Å². The van der Waals surface area contributed by atoms with Crippen molar-refractivity contribution in [3.05, 3.63) is 12.2 Å². The predicted octanol–water partition coefficient (Wildman–Crippen LogP) is 0.557. The van der Waals surface area contributed by atoms with Gasteiger partial charge in [-0.15, -0.1) is 0 Å². The number of carbonyl (C=O) groups excluding carboxylic acids is 1. The third kappa shape index (κ3) is 3.94. The van der Waals surface area contributed by atoms with Crippen molar-refractivity contribution in [1.82, 2.24) is 5.32 Å². The molecule has 16 heavy (non-hydrogen) atoms. The molecule has 4 heteroatoms. The van der Waals surface area contributed by atoms with E-state index in [1.165, 1.54) is 0 Å². The Hall–Kier alpha value is -0.870. The molecule has 0 aromatic heterocycles. The van der Waals surface area contributed by atoms with Crippen molar-refractivity contribution >= 4 is 5.91 Å². The molecule has 0 heterocycles. The second-order valence-electron chi connectivity index (χ2n) is 4.86. The number of nitrogens with one attached hydrogen (secondary N) is 1. The molecule has 92 valence electrons. The second kappa shape index (κ2) is 5.46. The summed E-state index contributed by atoms with van der Waals surface area (Å²) >= 11 is 0. The molecule has 0 fully saturated rings. The van der Waals surface area contributed by atoms with Crippen LogP contribution < -0.4 is 11.1 Å². The van der Waals surface area contributed by atoms with Gasteiger partial charge in [-0.05, 0) is 19.8 Å². The average Bonchev–Trinajstić information content (AvgIpc) is 2.61. The van der Waals surface area contributed by atoms with Gasteiger partial charge in [-0.1, -0.05) is 25.5 Å². The van der Waals surface area contributed by atoms with Crippen LogP contribution >= 0.6 is 0 Å². The van der Waals surface area contributed by atoms with Crippen LogP contribution in [0.25, 0.3) is 0 Å². The van der Waals surface area contributed by atoms with Crippen LogP contribution in [0, 0.1) is 5.92 Å². The summed E-state index contributed by atoms with van der Waals surface area (Å²) in [5.74, 6) is -0.173. The van der Waals surface area contributed by atoms with Crippen LogP contribution in [0.15, 0.2) is 12.2 Å². The van der Waals surface area contributed by atoms with Crippen LogP contribution in [0.4, 0.5) is 0 Å². The number of rotatable bonds is 5. The van der Waals surface area contributed by atoms with E-state index in [0.29, 0.717) is 19.4 Å². The maximum Gasteiger partial charge on any atom is 0.227 e. The summed E-state index contributed by atoms with van der Waals surface area (Å²) in [5.41, 5.74) is 4.87. The molecular formula is C12H22N2O2. The largest absolute Gasteiger partial charge is 0.388 e. The maximum absolute atomic E-state index is 11.7. The van der Waals surface area contributed by atoms with E-state index in [2.05, 4.69) is 5.32 Å². The molecule has 0 spiro atoms. The Labute approximate surface area is 96.9 Å². The molecule has 0 aliphatic heterocycles. The minimum atomic E-state index is -0.811. The van der Waals surface area contributed by atoms with Crippen molar-refractivity contribution in [3.8, 4) is 0 Å². The van der Waals surface area contributed by atoms with Gasteiger partial charge in [-0.25, -0.2) is 0 Å². The summed E-state index contributed by atoms with van der Waals surface area (Å²) in [4.78, 5) is 11.7. The first kappa shape index (κ1) is 13.2. The zero-order valence-corrected chi connectivity index (χ0v) is 10.1. The molecule has 0 bridgehead atoms. The fourth-order valence-corrected chi connectivity index (χ4v) is 1.96. The Kier molecular flexibility index (Phi) is 4.50. The van der Waals surface area contributed by atoms with Gasteiger partial charge in [0.15, 0.2) is 0 Å². The molecule has 1 rings (SSSR count). The van der Waals surface area contributed by atoms with E-state index in [0.717, 1.165) is 6.42 Å². The van der Waals surface area contributed by atoms with E-state index < -0.39 is 5.60 Å². The molecule has 1 amide bonds. The van der Waals surface area contributed by atoms with E-state index in [1.54, 1.807) is 6.92 Å². The van der Waals surface area contributed by atoms with Crippen LogP contribution in [0.2, 0.25) is 0 Å². The van der Waals surface area contributed by atoms with Gasteiger partial charge in [-0.2, -0.15) is 0 Å². The highest BCUT2D eigenvalue weighted by molar-refractivity contribution is 5.81. The Bertz CT molecular complexity index is 274. The van der Waals surface area contributed by atoms with E-state index in [4.69, 9.17) is 5.73 Å². The molecule has 1 aliphatic rings. The Morgan fingerprint density at radius 1 is 1.62 bits per heavy atom. The zero-order valence-electron chi connectivity index (χ0n) is 10.1. The quantitative estimate of drug-likeness (QED) is 0.599. The molecule has 0 aromatic rings. The lowest BCUT2D eigenvalue weighted by Gasteiger charge is -2.23. The molecule has 4 N–H and O–H groups in total. The van der Waals surface area contributed by atoms with Gasteiger partial charge in [0.2, 0.25) is 5.91 Å². The summed E-state index contributed by atoms with van der Waals surface area (Å²) < 4.78 is 0. The number of carbonyl (C=O) groups is 1.